The summed E-state index contributed by atoms with van der Waals surface area (Å²) >= 11 is 0. The van der Waals surface area contributed by atoms with E-state index in [1.807, 2.05) is 65.7 Å². The van der Waals surface area contributed by atoms with Crippen LogP contribution in [0.1, 0.15) is 17.5 Å². The molecule has 0 saturated carbocycles. The first kappa shape index (κ1) is 15.5. The maximum absolute atomic E-state index is 9.14. The van der Waals surface area contributed by atoms with Gasteiger partial charge in [-0.05, 0) is 55.9 Å². The Morgan fingerprint density at radius 3 is 2.78 bits per heavy atom. The molecule has 23 heavy (non-hydrogen) atoms. The van der Waals surface area contributed by atoms with Gasteiger partial charge in [-0.1, -0.05) is 18.2 Å². The lowest BCUT2D eigenvalue weighted by atomic mass is 10.1. The summed E-state index contributed by atoms with van der Waals surface area (Å²) in [7, 11) is 1.95. The Balaban J connectivity index is 1.91. The predicted molar refractivity (Wildman–Crippen MR) is 89.8 cm³/mol. The topological polar surface area (TPSA) is 51.5 Å². The fraction of sp³-hybridized carbons (Fsp3) is 0.278. The highest BCUT2D eigenvalue weighted by Crippen LogP contribution is 2.34. The number of anilines is 2. The minimum atomic E-state index is 0.675. The summed E-state index contributed by atoms with van der Waals surface area (Å²) in [5, 5.41) is 16.1. The molecule has 1 aliphatic rings. The SMILES string of the molecule is CNCCCN1Cc2cc(C#N)ccc2N(c2ccccc2)O1. The largest absolute Gasteiger partial charge is 0.320 e. The van der Waals surface area contributed by atoms with E-state index in [4.69, 9.17) is 10.2 Å². The van der Waals surface area contributed by atoms with E-state index in [9.17, 15) is 0 Å². The molecule has 0 radical (unpaired) electrons. The van der Waals surface area contributed by atoms with Gasteiger partial charge < -0.3 is 5.32 Å². The van der Waals surface area contributed by atoms with E-state index in [2.05, 4.69) is 11.4 Å². The molecule has 1 aliphatic heterocycles. The molecule has 0 amide bonds. The Kier molecular flexibility index (Phi) is 4.89. The van der Waals surface area contributed by atoms with Gasteiger partial charge in [-0.15, -0.1) is 0 Å². The zero-order valence-corrected chi connectivity index (χ0v) is 13.2. The van der Waals surface area contributed by atoms with Gasteiger partial charge in [0.1, 0.15) is 0 Å². The monoisotopic (exact) mass is 308 g/mol. The maximum atomic E-state index is 9.14. The number of hydrogen-bond acceptors (Lipinski definition) is 5. The molecule has 0 unspecified atom stereocenters. The molecule has 2 aromatic carbocycles. The van der Waals surface area contributed by atoms with Crippen LogP contribution >= 0.6 is 0 Å². The molecular formula is C18H20N4O. The second-order valence-electron chi connectivity index (χ2n) is 5.49. The maximum Gasteiger partial charge on any atom is 0.0991 e. The summed E-state index contributed by atoms with van der Waals surface area (Å²) in [5.41, 5.74) is 3.73. The molecule has 0 aromatic heterocycles. The first-order valence-electron chi connectivity index (χ1n) is 7.77. The molecule has 5 nitrogen and oxygen atoms in total. The number of nitriles is 1. The molecule has 0 saturated heterocycles. The van der Waals surface area contributed by atoms with E-state index in [0.717, 1.165) is 36.4 Å². The van der Waals surface area contributed by atoms with Crippen molar-refractivity contribution in [1.29, 1.82) is 5.26 Å². The van der Waals surface area contributed by atoms with Gasteiger partial charge in [0.25, 0.3) is 0 Å². The van der Waals surface area contributed by atoms with Crippen molar-refractivity contribution >= 4 is 11.4 Å². The molecule has 0 aliphatic carbocycles. The van der Waals surface area contributed by atoms with Crippen LogP contribution in [0.15, 0.2) is 48.5 Å². The van der Waals surface area contributed by atoms with Gasteiger partial charge in [0.05, 0.1) is 29.6 Å². The molecule has 1 heterocycles. The average molecular weight is 308 g/mol. The van der Waals surface area contributed by atoms with E-state index < -0.39 is 0 Å². The third-order valence-electron chi connectivity index (χ3n) is 3.80. The van der Waals surface area contributed by atoms with Crippen molar-refractivity contribution in [3.05, 3.63) is 59.7 Å². The Morgan fingerprint density at radius 1 is 1.22 bits per heavy atom. The molecule has 118 valence electrons. The van der Waals surface area contributed by atoms with Crippen molar-refractivity contribution < 1.29 is 4.94 Å². The van der Waals surface area contributed by atoms with E-state index in [-0.39, 0.29) is 0 Å². The number of benzene rings is 2. The van der Waals surface area contributed by atoms with Crippen molar-refractivity contribution in [3.8, 4) is 6.07 Å². The summed E-state index contributed by atoms with van der Waals surface area (Å²) in [4.78, 5) is 6.08. The van der Waals surface area contributed by atoms with Crippen LogP contribution < -0.4 is 10.4 Å². The van der Waals surface area contributed by atoms with Crippen molar-refractivity contribution in [2.75, 3.05) is 25.2 Å². The van der Waals surface area contributed by atoms with Gasteiger partial charge in [-0.3, -0.25) is 0 Å². The van der Waals surface area contributed by atoms with Crippen molar-refractivity contribution in [2.24, 2.45) is 0 Å². The summed E-state index contributed by atoms with van der Waals surface area (Å²) in [6.07, 6.45) is 0.992. The lowest BCUT2D eigenvalue weighted by molar-refractivity contribution is -0.176. The van der Waals surface area contributed by atoms with Crippen molar-refractivity contribution in [3.63, 3.8) is 0 Å². The molecule has 2 aromatic rings. The first-order valence-corrected chi connectivity index (χ1v) is 7.77. The van der Waals surface area contributed by atoms with Gasteiger partial charge >= 0.3 is 0 Å². The molecule has 0 fully saturated rings. The van der Waals surface area contributed by atoms with Crippen LogP contribution in [0, 0.1) is 11.3 Å². The second-order valence-corrected chi connectivity index (χ2v) is 5.49. The Labute approximate surface area is 136 Å². The van der Waals surface area contributed by atoms with E-state index >= 15 is 0 Å². The number of hydrogen-bond donors (Lipinski definition) is 1. The van der Waals surface area contributed by atoms with Gasteiger partial charge in [-0.2, -0.15) is 15.3 Å². The number of fused-ring (bicyclic) bond motifs is 1. The number of para-hydroxylation sites is 1. The van der Waals surface area contributed by atoms with Crippen LogP contribution in [-0.2, 0) is 11.5 Å². The third-order valence-corrected chi connectivity index (χ3v) is 3.80. The lowest BCUT2D eigenvalue weighted by Crippen LogP contribution is -2.38. The van der Waals surface area contributed by atoms with Gasteiger partial charge in [-0.25, -0.2) is 5.06 Å². The predicted octanol–water partition coefficient (Wildman–Crippen LogP) is 2.97. The van der Waals surface area contributed by atoms with Crippen LogP contribution in [0.2, 0.25) is 0 Å². The summed E-state index contributed by atoms with van der Waals surface area (Å²) < 4.78 is 0. The highest BCUT2D eigenvalue weighted by molar-refractivity contribution is 5.65. The summed E-state index contributed by atoms with van der Waals surface area (Å²) in [5.74, 6) is 0. The number of nitrogens with zero attached hydrogens (tertiary/aromatic N) is 3. The zero-order valence-electron chi connectivity index (χ0n) is 13.2. The molecule has 0 bridgehead atoms. The third kappa shape index (κ3) is 3.51. The Morgan fingerprint density at radius 2 is 2.04 bits per heavy atom. The molecule has 1 N–H and O–H groups in total. The Bertz CT molecular complexity index is 696. The van der Waals surface area contributed by atoms with Crippen LogP contribution in [0.25, 0.3) is 0 Å². The smallest absolute Gasteiger partial charge is 0.0991 e. The van der Waals surface area contributed by atoms with Gasteiger partial charge in [0.15, 0.2) is 0 Å². The highest BCUT2D eigenvalue weighted by atomic mass is 16.8. The van der Waals surface area contributed by atoms with Crippen LogP contribution in [-0.4, -0.2) is 25.2 Å². The van der Waals surface area contributed by atoms with Crippen LogP contribution in [0.3, 0.4) is 0 Å². The second kappa shape index (κ2) is 7.25. The first-order chi connectivity index (χ1) is 11.3. The number of hydroxylamine groups is 2. The average Bonchev–Trinajstić information content (AvgIpc) is 2.61. The zero-order chi connectivity index (χ0) is 16.1. The summed E-state index contributed by atoms with van der Waals surface area (Å²) in [6.45, 7) is 2.44. The van der Waals surface area contributed by atoms with E-state index in [1.165, 1.54) is 0 Å². The Hall–Kier alpha value is -2.39. The van der Waals surface area contributed by atoms with E-state index in [1.54, 1.807) is 0 Å². The standard InChI is InChI=1S/C18H20N4O/c1-20-10-5-11-21-14-16-12-15(13-19)8-9-18(16)22(23-21)17-6-3-2-4-7-17/h2-4,6-9,12,20H,5,10-11,14H2,1H3. The minimum absolute atomic E-state index is 0.675. The van der Waals surface area contributed by atoms with Gasteiger partial charge in [0, 0.05) is 6.54 Å². The van der Waals surface area contributed by atoms with Crippen LogP contribution in [0.5, 0.6) is 0 Å². The molecule has 3 rings (SSSR count). The molecule has 0 spiro atoms. The van der Waals surface area contributed by atoms with Crippen molar-refractivity contribution in [1.82, 2.24) is 10.4 Å². The van der Waals surface area contributed by atoms with Crippen LogP contribution in [0.4, 0.5) is 11.4 Å². The van der Waals surface area contributed by atoms with Crippen molar-refractivity contribution in [2.45, 2.75) is 13.0 Å². The fourth-order valence-corrected chi connectivity index (χ4v) is 2.66. The quantitative estimate of drug-likeness (QED) is 0.861. The number of nitrogens with one attached hydrogen (secondary N) is 1. The molecule has 0 atom stereocenters. The number of rotatable bonds is 5. The van der Waals surface area contributed by atoms with Gasteiger partial charge in [0.2, 0.25) is 0 Å². The molecule has 5 heteroatoms. The van der Waals surface area contributed by atoms with E-state index in [0.29, 0.717) is 12.1 Å². The minimum Gasteiger partial charge on any atom is -0.320 e. The fourth-order valence-electron chi connectivity index (χ4n) is 2.66. The molecular weight excluding hydrogens is 288 g/mol. The summed E-state index contributed by atoms with van der Waals surface area (Å²) in [6, 6.07) is 17.9. The lowest BCUT2D eigenvalue weighted by Gasteiger charge is -2.36. The highest BCUT2D eigenvalue weighted by Gasteiger charge is 2.25. The normalized spacial score (nSPS) is 14.3.